The van der Waals surface area contributed by atoms with E-state index in [1.54, 1.807) is 19.1 Å². The van der Waals surface area contributed by atoms with Gasteiger partial charge in [-0.3, -0.25) is 0 Å². The molecule has 0 aromatic heterocycles. The third-order valence-corrected chi connectivity index (χ3v) is 4.57. The third-order valence-electron chi connectivity index (χ3n) is 4.57. The van der Waals surface area contributed by atoms with Gasteiger partial charge in [-0.25, -0.2) is 4.39 Å². The Morgan fingerprint density at radius 2 is 1.85 bits per heavy atom. The summed E-state index contributed by atoms with van der Waals surface area (Å²) in [5, 5.41) is 9.75. The highest BCUT2D eigenvalue weighted by Crippen LogP contribution is 2.34. The van der Waals surface area contributed by atoms with Crippen molar-refractivity contribution in [3.63, 3.8) is 0 Å². The average Bonchev–Trinajstić information content (AvgIpc) is 2.68. The van der Waals surface area contributed by atoms with E-state index in [4.69, 9.17) is 9.47 Å². The summed E-state index contributed by atoms with van der Waals surface area (Å²) in [5.74, 6) is 1.05. The zero-order valence-electron chi connectivity index (χ0n) is 15.5. The Balaban J connectivity index is 1.71. The molecule has 142 valence electrons. The fourth-order valence-corrected chi connectivity index (χ4v) is 3.07. The Morgan fingerprint density at radius 3 is 2.56 bits per heavy atom. The first-order chi connectivity index (χ1) is 13.0. The smallest absolute Gasteiger partial charge is 0.127 e. The summed E-state index contributed by atoms with van der Waals surface area (Å²) in [6.45, 7) is 2.26. The maximum Gasteiger partial charge on any atom is 0.127 e. The van der Waals surface area contributed by atoms with Crippen molar-refractivity contribution in [2.45, 2.75) is 44.5 Å². The number of aliphatic hydroxyl groups excluding tert-OH is 1. The molecule has 0 fully saturated rings. The van der Waals surface area contributed by atoms with E-state index >= 15 is 0 Å². The SMILES string of the molecule is CC(O)CCC1(OCc2ccccc2)C=CC=C(Oc2ccc(F)cc2)C1. The van der Waals surface area contributed by atoms with Crippen molar-refractivity contribution in [2.24, 2.45) is 0 Å². The molecule has 4 heteroatoms. The van der Waals surface area contributed by atoms with Gasteiger partial charge in [-0.1, -0.05) is 42.5 Å². The Labute approximate surface area is 159 Å². The summed E-state index contributed by atoms with van der Waals surface area (Å²) in [6, 6.07) is 16.0. The van der Waals surface area contributed by atoms with Crippen LogP contribution in [0.25, 0.3) is 0 Å². The number of rotatable bonds is 8. The van der Waals surface area contributed by atoms with Crippen molar-refractivity contribution in [1.29, 1.82) is 0 Å². The van der Waals surface area contributed by atoms with Gasteiger partial charge >= 0.3 is 0 Å². The van der Waals surface area contributed by atoms with E-state index in [0.717, 1.165) is 11.3 Å². The minimum Gasteiger partial charge on any atom is -0.462 e. The van der Waals surface area contributed by atoms with Gasteiger partial charge in [0.15, 0.2) is 0 Å². The van der Waals surface area contributed by atoms with Crippen LogP contribution in [-0.4, -0.2) is 16.8 Å². The number of aliphatic hydroxyl groups is 1. The minimum absolute atomic E-state index is 0.294. The molecule has 1 aliphatic carbocycles. The van der Waals surface area contributed by atoms with Crippen LogP contribution in [0.1, 0.15) is 31.7 Å². The first-order valence-electron chi connectivity index (χ1n) is 9.22. The zero-order valence-corrected chi connectivity index (χ0v) is 15.5. The Hall–Kier alpha value is -2.43. The second-order valence-corrected chi connectivity index (χ2v) is 6.95. The van der Waals surface area contributed by atoms with E-state index in [-0.39, 0.29) is 5.82 Å². The molecule has 0 spiro atoms. The van der Waals surface area contributed by atoms with Crippen LogP contribution < -0.4 is 4.74 Å². The molecule has 3 rings (SSSR count). The maximum atomic E-state index is 13.1. The van der Waals surface area contributed by atoms with Gasteiger partial charge in [0.1, 0.15) is 17.3 Å². The van der Waals surface area contributed by atoms with Crippen molar-refractivity contribution < 1.29 is 19.0 Å². The number of allylic oxidation sites excluding steroid dienone is 2. The van der Waals surface area contributed by atoms with Crippen molar-refractivity contribution in [3.05, 3.63) is 90.0 Å². The van der Waals surface area contributed by atoms with Crippen LogP contribution in [0.5, 0.6) is 5.75 Å². The largest absolute Gasteiger partial charge is 0.462 e. The quantitative estimate of drug-likeness (QED) is 0.699. The van der Waals surface area contributed by atoms with E-state index in [2.05, 4.69) is 0 Å². The van der Waals surface area contributed by atoms with E-state index in [0.29, 0.717) is 31.6 Å². The lowest BCUT2D eigenvalue weighted by atomic mass is 9.88. The molecule has 0 saturated carbocycles. The summed E-state index contributed by atoms with van der Waals surface area (Å²) in [7, 11) is 0. The normalized spacial score (nSPS) is 20.2. The van der Waals surface area contributed by atoms with Gasteiger partial charge in [-0.15, -0.1) is 0 Å². The first-order valence-corrected chi connectivity index (χ1v) is 9.22. The maximum absolute atomic E-state index is 13.1. The lowest BCUT2D eigenvalue weighted by Gasteiger charge is -2.34. The van der Waals surface area contributed by atoms with Crippen LogP contribution >= 0.6 is 0 Å². The molecule has 27 heavy (non-hydrogen) atoms. The van der Waals surface area contributed by atoms with Crippen molar-refractivity contribution in [2.75, 3.05) is 0 Å². The van der Waals surface area contributed by atoms with Crippen LogP contribution in [0.2, 0.25) is 0 Å². The molecular formula is C23H25FO3. The van der Waals surface area contributed by atoms with E-state index in [9.17, 15) is 9.50 Å². The second kappa shape index (κ2) is 8.98. The summed E-state index contributed by atoms with van der Waals surface area (Å²) in [4.78, 5) is 0. The van der Waals surface area contributed by atoms with Crippen LogP contribution in [0.15, 0.2) is 78.6 Å². The first kappa shape index (κ1) is 19.3. The Bertz CT molecular complexity index is 781. The molecule has 0 aliphatic heterocycles. The molecule has 3 nitrogen and oxygen atoms in total. The molecule has 0 radical (unpaired) electrons. The Kier molecular flexibility index (Phi) is 6.43. The predicted octanol–water partition coefficient (Wildman–Crippen LogP) is 5.16. The number of benzene rings is 2. The number of hydrogen-bond donors (Lipinski definition) is 1. The van der Waals surface area contributed by atoms with Gasteiger partial charge in [0.2, 0.25) is 0 Å². The van der Waals surface area contributed by atoms with E-state index < -0.39 is 11.7 Å². The van der Waals surface area contributed by atoms with Crippen molar-refractivity contribution >= 4 is 0 Å². The van der Waals surface area contributed by atoms with Crippen LogP contribution in [0.4, 0.5) is 4.39 Å². The molecular weight excluding hydrogens is 343 g/mol. The molecule has 0 bridgehead atoms. The van der Waals surface area contributed by atoms with Crippen LogP contribution in [0, 0.1) is 5.82 Å². The van der Waals surface area contributed by atoms with Gasteiger partial charge in [-0.2, -0.15) is 0 Å². The van der Waals surface area contributed by atoms with Crippen molar-refractivity contribution in [1.82, 2.24) is 0 Å². The fourth-order valence-electron chi connectivity index (χ4n) is 3.07. The van der Waals surface area contributed by atoms with Crippen molar-refractivity contribution in [3.8, 4) is 5.75 Å². The van der Waals surface area contributed by atoms with Crippen LogP contribution in [0.3, 0.4) is 0 Å². The highest BCUT2D eigenvalue weighted by atomic mass is 19.1. The standard InChI is InChI=1S/C23H25FO3/c1-18(25)13-15-23(26-17-19-6-3-2-4-7-19)14-5-8-22(16-23)27-21-11-9-20(24)10-12-21/h2-12,14,18,25H,13,15-17H2,1H3. The second-order valence-electron chi connectivity index (χ2n) is 6.95. The number of ether oxygens (including phenoxy) is 2. The number of hydrogen-bond acceptors (Lipinski definition) is 3. The minimum atomic E-state index is -0.545. The summed E-state index contributed by atoms with van der Waals surface area (Å²) < 4.78 is 25.3. The molecule has 1 aliphatic rings. The summed E-state index contributed by atoms with van der Waals surface area (Å²) in [5.41, 5.74) is 0.551. The van der Waals surface area contributed by atoms with Gasteiger partial charge in [0, 0.05) is 6.42 Å². The summed E-state index contributed by atoms with van der Waals surface area (Å²) in [6.07, 6.45) is 7.32. The molecule has 0 saturated heterocycles. The molecule has 2 aromatic rings. The highest BCUT2D eigenvalue weighted by Gasteiger charge is 2.32. The molecule has 1 N–H and O–H groups in total. The summed E-state index contributed by atoms with van der Waals surface area (Å²) >= 11 is 0. The van der Waals surface area contributed by atoms with Crippen LogP contribution in [-0.2, 0) is 11.3 Å². The van der Waals surface area contributed by atoms with E-state index in [1.165, 1.54) is 12.1 Å². The third kappa shape index (κ3) is 5.78. The number of halogens is 1. The van der Waals surface area contributed by atoms with E-state index in [1.807, 2.05) is 48.6 Å². The molecule has 2 aromatic carbocycles. The predicted molar refractivity (Wildman–Crippen MR) is 104 cm³/mol. The van der Waals surface area contributed by atoms with Gasteiger partial charge in [0.25, 0.3) is 0 Å². The zero-order chi connectivity index (χ0) is 19.1. The average molecular weight is 368 g/mol. The van der Waals surface area contributed by atoms with Gasteiger partial charge in [-0.05, 0) is 55.7 Å². The Morgan fingerprint density at radius 1 is 1.11 bits per heavy atom. The lowest BCUT2D eigenvalue weighted by molar-refractivity contribution is -0.0387. The fraction of sp³-hybridized carbons (Fsp3) is 0.304. The van der Waals surface area contributed by atoms with Gasteiger partial charge in [0.05, 0.1) is 18.3 Å². The molecule has 0 amide bonds. The molecule has 2 unspecified atom stereocenters. The van der Waals surface area contributed by atoms with Gasteiger partial charge < -0.3 is 14.6 Å². The molecule has 0 heterocycles. The topological polar surface area (TPSA) is 38.7 Å². The molecule has 2 atom stereocenters. The monoisotopic (exact) mass is 368 g/mol. The lowest BCUT2D eigenvalue weighted by Crippen LogP contribution is -2.34. The highest BCUT2D eigenvalue weighted by molar-refractivity contribution is 5.29.